The van der Waals surface area contributed by atoms with Crippen LogP contribution in [0, 0.1) is 13.8 Å². The smallest absolute Gasteiger partial charge is 0.258 e. The second kappa shape index (κ2) is 8.17. The molecule has 0 unspecified atom stereocenters. The SMILES string of the molecule is Cc1cc2c(cn1)cc(-c1cc(NC(=O)c3cc(Cl)cc(Cl)c3)ccc1C)c(=O)n2C. The normalized spacial score (nSPS) is 11.0. The van der Waals surface area contributed by atoms with Gasteiger partial charge in [-0.25, -0.2) is 0 Å². The Labute approximate surface area is 189 Å². The van der Waals surface area contributed by atoms with E-state index in [-0.39, 0.29) is 11.5 Å². The number of hydrogen-bond donors (Lipinski definition) is 1. The maximum absolute atomic E-state index is 13.1. The molecule has 0 radical (unpaired) electrons. The molecule has 31 heavy (non-hydrogen) atoms. The van der Waals surface area contributed by atoms with Gasteiger partial charge >= 0.3 is 0 Å². The summed E-state index contributed by atoms with van der Waals surface area (Å²) in [6, 6.07) is 13.8. The molecule has 2 aromatic carbocycles. The Bertz CT molecular complexity index is 1390. The van der Waals surface area contributed by atoms with Crippen LogP contribution in [0.4, 0.5) is 5.69 Å². The monoisotopic (exact) mass is 451 g/mol. The highest BCUT2D eigenvalue weighted by Crippen LogP contribution is 2.27. The summed E-state index contributed by atoms with van der Waals surface area (Å²) in [6.07, 6.45) is 1.76. The van der Waals surface area contributed by atoms with Crippen molar-refractivity contribution >= 4 is 45.7 Å². The molecule has 4 rings (SSSR count). The molecule has 0 atom stereocenters. The average Bonchev–Trinajstić information content (AvgIpc) is 2.72. The van der Waals surface area contributed by atoms with Gasteiger partial charge in [0.25, 0.3) is 11.5 Å². The molecule has 0 saturated heterocycles. The Morgan fingerprint density at radius 1 is 0.968 bits per heavy atom. The zero-order valence-electron chi connectivity index (χ0n) is 17.2. The zero-order valence-corrected chi connectivity index (χ0v) is 18.7. The largest absolute Gasteiger partial charge is 0.322 e. The molecular formula is C24H19Cl2N3O2. The predicted octanol–water partition coefficient (Wildman–Crippen LogP) is 5.78. The van der Waals surface area contributed by atoms with Crippen molar-refractivity contribution in [2.45, 2.75) is 13.8 Å². The van der Waals surface area contributed by atoms with Crippen LogP contribution in [0.2, 0.25) is 10.0 Å². The highest BCUT2D eigenvalue weighted by Gasteiger charge is 2.14. The predicted molar refractivity (Wildman–Crippen MR) is 126 cm³/mol. The van der Waals surface area contributed by atoms with Crippen LogP contribution < -0.4 is 10.9 Å². The van der Waals surface area contributed by atoms with Gasteiger partial charge in [0.15, 0.2) is 0 Å². The Balaban J connectivity index is 1.77. The standard InChI is InChI=1S/C24H19Cl2N3O2/c1-13-4-5-19(28-23(30)15-7-17(25)10-18(26)8-15)11-20(13)21-9-16-12-27-14(2)6-22(16)29(3)24(21)31/h4-12H,1-3H3,(H,28,30). The third-order valence-electron chi connectivity index (χ3n) is 5.16. The van der Waals surface area contributed by atoms with Crippen molar-refractivity contribution in [2.75, 3.05) is 5.32 Å². The van der Waals surface area contributed by atoms with Crippen LogP contribution in [0.25, 0.3) is 22.0 Å². The molecule has 0 fully saturated rings. The number of aromatic nitrogens is 2. The van der Waals surface area contributed by atoms with Gasteiger partial charge in [0, 0.05) is 51.2 Å². The molecule has 1 N–H and O–H groups in total. The van der Waals surface area contributed by atoms with Crippen LogP contribution in [-0.4, -0.2) is 15.5 Å². The summed E-state index contributed by atoms with van der Waals surface area (Å²) in [7, 11) is 1.75. The first-order valence-electron chi connectivity index (χ1n) is 9.58. The molecule has 4 aromatic rings. The number of halogens is 2. The van der Waals surface area contributed by atoms with Crippen molar-refractivity contribution in [1.82, 2.24) is 9.55 Å². The van der Waals surface area contributed by atoms with Crippen LogP contribution in [0.15, 0.2) is 59.5 Å². The number of aryl methyl sites for hydroxylation is 3. The lowest BCUT2D eigenvalue weighted by Crippen LogP contribution is -2.19. The number of hydrogen-bond acceptors (Lipinski definition) is 3. The first-order valence-corrected chi connectivity index (χ1v) is 10.3. The zero-order chi connectivity index (χ0) is 22.3. The minimum Gasteiger partial charge on any atom is -0.322 e. The van der Waals surface area contributed by atoms with Gasteiger partial charge in [-0.2, -0.15) is 0 Å². The van der Waals surface area contributed by atoms with Gasteiger partial charge in [-0.1, -0.05) is 29.3 Å². The lowest BCUT2D eigenvalue weighted by Gasteiger charge is -2.13. The van der Waals surface area contributed by atoms with Gasteiger partial charge in [0.1, 0.15) is 0 Å². The maximum Gasteiger partial charge on any atom is 0.258 e. The number of pyridine rings is 2. The molecule has 0 spiro atoms. The Morgan fingerprint density at radius 3 is 2.39 bits per heavy atom. The summed E-state index contributed by atoms with van der Waals surface area (Å²) < 4.78 is 1.62. The van der Waals surface area contributed by atoms with Crippen molar-refractivity contribution in [3.05, 3.63) is 91.9 Å². The number of anilines is 1. The lowest BCUT2D eigenvalue weighted by molar-refractivity contribution is 0.102. The second-order valence-electron chi connectivity index (χ2n) is 7.45. The van der Waals surface area contributed by atoms with E-state index in [9.17, 15) is 9.59 Å². The van der Waals surface area contributed by atoms with Gasteiger partial charge in [-0.05, 0) is 67.4 Å². The summed E-state index contributed by atoms with van der Waals surface area (Å²) in [4.78, 5) is 30.1. The van der Waals surface area contributed by atoms with Crippen molar-refractivity contribution in [3.63, 3.8) is 0 Å². The molecule has 5 nitrogen and oxygen atoms in total. The highest BCUT2D eigenvalue weighted by molar-refractivity contribution is 6.35. The molecule has 7 heteroatoms. The van der Waals surface area contributed by atoms with Crippen molar-refractivity contribution in [1.29, 1.82) is 0 Å². The molecule has 0 aliphatic heterocycles. The number of nitrogens with zero attached hydrogens (tertiary/aromatic N) is 2. The van der Waals surface area contributed by atoms with E-state index in [0.717, 1.165) is 27.7 Å². The molecule has 0 aliphatic rings. The van der Waals surface area contributed by atoms with Crippen LogP contribution in [0.1, 0.15) is 21.6 Å². The van der Waals surface area contributed by atoms with Crippen LogP contribution in [0.5, 0.6) is 0 Å². The number of fused-ring (bicyclic) bond motifs is 1. The molecule has 2 heterocycles. The Morgan fingerprint density at radius 2 is 1.68 bits per heavy atom. The summed E-state index contributed by atoms with van der Waals surface area (Å²) >= 11 is 12.0. The van der Waals surface area contributed by atoms with E-state index < -0.39 is 0 Å². The summed E-state index contributed by atoms with van der Waals surface area (Å²) in [5.74, 6) is -0.342. The minimum absolute atomic E-state index is 0.119. The first-order chi connectivity index (χ1) is 14.7. The van der Waals surface area contributed by atoms with E-state index in [1.165, 1.54) is 0 Å². The third kappa shape index (κ3) is 4.20. The average molecular weight is 452 g/mol. The van der Waals surface area contributed by atoms with Crippen LogP contribution in [0.3, 0.4) is 0 Å². The number of benzene rings is 2. The number of nitrogens with one attached hydrogen (secondary N) is 1. The molecule has 1 amide bonds. The van der Waals surface area contributed by atoms with Crippen molar-refractivity contribution in [3.8, 4) is 11.1 Å². The maximum atomic E-state index is 13.1. The molecule has 0 bridgehead atoms. The fourth-order valence-corrected chi connectivity index (χ4v) is 4.06. The van der Waals surface area contributed by atoms with E-state index in [4.69, 9.17) is 23.2 Å². The number of carbonyl (C=O) groups is 1. The van der Waals surface area contributed by atoms with E-state index in [1.54, 1.807) is 48.1 Å². The number of amides is 1. The Kier molecular flexibility index (Phi) is 5.56. The highest BCUT2D eigenvalue weighted by atomic mass is 35.5. The van der Waals surface area contributed by atoms with Gasteiger partial charge in [-0.3, -0.25) is 14.6 Å². The van der Waals surface area contributed by atoms with Gasteiger partial charge in [0.05, 0.1) is 5.52 Å². The molecule has 0 saturated carbocycles. The molecule has 0 aliphatic carbocycles. The van der Waals surface area contributed by atoms with E-state index in [0.29, 0.717) is 26.9 Å². The molecule has 156 valence electrons. The van der Waals surface area contributed by atoms with Gasteiger partial charge in [0.2, 0.25) is 0 Å². The van der Waals surface area contributed by atoms with Crippen LogP contribution in [-0.2, 0) is 7.05 Å². The first kappa shape index (κ1) is 21.1. The van der Waals surface area contributed by atoms with Gasteiger partial charge in [-0.15, -0.1) is 0 Å². The molecular weight excluding hydrogens is 433 g/mol. The fraction of sp³-hybridized carbons (Fsp3) is 0.125. The van der Waals surface area contributed by atoms with Crippen molar-refractivity contribution < 1.29 is 4.79 Å². The van der Waals surface area contributed by atoms with Gasteiger partial charge < -0.3 is 9.88 Å². The van der Waals surface area contributed by atoms with Crippen LogP contribution >= 0.6 is 23.2 Å². The lowest BCUT2D eigenvalue weighted by atomic mass is 9.99. The summed E-state index contributed by atoms with van der Waals surface area (Å²) in [5.41, 5.74) is 4.66. The second-order valence-corrected chi connectivity index (χ2v) is 8.32. The minimum atomic E-state index is -0.342. The van der Waals surface area contributed by atoms with E-state index in [2.05, 4.69) is 10.3 Å². The Hall–Kier alpha value is -3.15. The molecule has 2 aromatic heterocycles. The summed E-state index contributed by atoms with van der Waals surface area (Å²) in [6.45, 7) is 3.82. The topological polar surface area (TPSA) is 64.0 Å². The fourth-order valence-electron chi connectivity index (χ4n) is 3.54. The third-order valence-corrected chi connectivity index (χ3v) is 5.59. The number of rotatable bonds is 3. The quantitative estimate of drug-likeness (QED) is 0.429. The summed E-state index contributed by atoms with van der Waals surface area (Å²) in [5, 5.41) is 4.48. The van der Waals surface area contributed by atoms with Crippen molar-refractivity contribution in [2.24, 2.45) is 7.05 Å². The van der Waals surface area contributed by atoms with E-state index >= 15 is 0 Å². The number of carbonyl (C=O) groups excluding carboxylic acids is 1. The van der Waals surface area contributed by atoms with E-state index in [1.807, 2.05) is 32.0 Å².